The van der Waals surface area contributed by atoms with Crippen LogP contribution in [0.2, 0.25) is 0 Å². The minimum absolute atomic E-state index is 0.00498. The summed E-state index contributed by atoms with van der Waals surface area (Å²) in [6.07, 6.45) is 7.06. The number of alkyl halides is 2. The highest BCUT2D eigenvalue weighted by atomic mass is 19.3. The number of benzene rings is 1. The largest absolute Gasteiger partial charge is 0.463 e. The van der Waals surface area contributed by atoms with Crippen LogP contribution in [-0.2, 0) is 20.2 Å². The zero-order chi connectivity index (χ0) is 23.8. The maximum atomic E-state index is 14.8. The van der Waals surface area contributed by atoms with E-state index in [1.165, 1.54) is 30.3 Å². The molecule has 1 saturated heterocycles. The molecule has 0 aliphatic carbocycles. The van der Waals surface area contributed by atoms with Gasteiger partial charge >= 0.3 is 11.9 Å². The van der Waals surface area contributed by atoms with E-state index in [-0.39, 0.29) is 29.6 Å². The van der Waals surface area contributed by atoms with Crippen LogP contribution in [0.3, 0.4) is 0 Å². The average molecular weight is 452 g/mol. The Morgan fingerprint density at radius 2 is 1.88 bits per heavy atom. The topological polar surface area (TPSA) is 66.8 Å². The Balaban J connectivity index is 1.85. The van der Waals surface area contributed by atoms with E-state index in [2.05, 4.69) is 0 Å². The van der Waals surface area contributed by atoms with Gasteiger partial charge in [0.15, 0.2) is 0 Å². The van der Waals surface area contributed by atoms with E-state index < -0.39 is 11.5 Å². The fraction of sp³-hybridized carbons (Fsp3) is 0.600. The van der Waals surface area contributed by atoms with Crippen molar-refractivity contribution in [3.63, 3.8) is 0 Å². The zero-order valence-electron chi connectivity index (χ0n) is 19.2. The number of hydrogen-bond donors (Lipinski definition) is 1. The van der Waals surface area contributed by atoms with Crippen molar-refractivity contribution in [2.45, 2.75) is 89.4 Å². The van der Waals surface area contributed by atoms with Crippen LogP contribution in [0.1, 0.15) is 71.3 Å². The molecule has 1 fully saturated rings. The summed E-state index contributed by atoms with van der Waals surface area (Å²) in [6, 6.07) is 6.93. The lowest BCUT2D eigenvalue weighted by molar-refractivity contribution is -0.152. The fourth-order valence-electron chi connectivity index (χ4n) is 3.82. The van der Waals surface area contributed by atoms with Crippen molar-refractivity contribution in [2.75, 3.05) is 6.54 Å². The molecule has 1 amide bonds. The van der Waals surface area contributed by atoms with Gasteiger partial charge in [0.05, 0.1) is 12.1 Å². The smallest absolute Gasteiger partial charge is 0.306 e. The van der Waals surface area contributed by atoms with E-state index in [0.717, 1.165) is 38.7 Å². The Labute approximate surface area is 189 Å². The monoisotopic (exact) mass is 451 g/mol. The lowest BCUT2D eigenvalue weighted by Gasteiger charge is -2.31. The molecule has 0 radical (unpaired) electrons. The van der Waals surface area contributed by atoms with E-state index >= 15 is 0 Å². The molecule has 32 heavy (non-hydrogen) atoms. The number of ether oxygens (including phenoxy) is 1. The van der Waals surface area contributed by atoms with Gasteiger partial charge in [-0.15, -0.1) is 0 Å². The molecule has 1 N–H and O–H groups in total. The van der Waals surface area contributed by atoms with E-state index in [1.54, 1.807) is 11.0 Å². The first-order chi connectivity index (χ1) is 15.0. The number of halogens is 2. The molecule has 0 spiro atoms. The highest BCUT2D eigenvalue weighted by molar-refractivity contribution is 5.79. The summed E-state index contributed by atoms with van der Waals surface area (Å²) in [6.45, 7) is 5.25. The molecular formula is C25H35F2NO4. The van der Waals surface area contributed by atoms with E-state index in [9.17, 15) is 23.5 Å². The summed E-state index contributed by atoms with van der Waals surface area (Å²) in [7, 11) is 0. The molecule has 178 valence electrons. The Kier molecular flexibility index (Phi) is 9.37. The predicted molar refractivity (Wildman–Crippen MR) is 119 cm³/mol. The third kappa shape index (κ3) is 7.12. The van der Waals surface area contributed by atoms with Crippen molar-refractivity contribution in [3.05, 3.63) is 48.0 Å². The number of rotatable bonds is 12. The van der Waals surface area contributed by atoms with Crippen LogP contribution in [0.15, 0.2) is 42.5 Å². The number of amides is 1. The highest BCUT2D eigenvalue weighted by Gasteiger charge is 2.49. The molecule has 0 bridgehead atoms. The third-order valence-corrected chi connectivity index (χ3v) is 5.69. The number of nitrogens with zero attached hydrogens (tertiary/aromatic N) is 1. The molecule has 1 heterocycles. The maximum absolute atomic E-state index is 14.8. The van der Waals surface area contributed by atoms with E-state index in [4.69, 9.17) is 4.74 Å². The van der Waals surface area contributed by atoms with Gasteiger partial charge in [-0.05, 0) is 46.1 Å². The van der Waals surface area contributed by atoms with Crippen LogP contribution < -0.4 is 0 Å². The standard InChI is InChI=1S/C25H35F2NO4/c1-19(2)32-23(30)13-9-4-5-10-18-28-21(14-15-22(28)29)16-17-24(3,31)25(26,27)20-11-7-6-8-12-20/h6-8,11-12,16-17,19,21,31H,4-5,9-10,13-15,18H2,1-3H3/b17-16+/t21-,24-/m1/s1. The summed E-state index contributed by atoms with van der Waals surface area (Å²) in [5.74, 6) is -3.66. The molecule has 1 aliphatic heterocycles. The van der Waals surface area contributed by atoms with Gasteiger partial charge in [-0.3, -0.25) is 9.59 Å². The number of aliphatic hydroxyl groups is 1. The van der Waals surface area contributed by atoms with Gasteiger partial charge in [-0.25, -0.2) is 0 Å². The first kappa shape index (κ1) is 26.0. The van der Waals surface area contributed by atoms with Gasteiger partial charge in [0.1, 0.15) is 5.60 Å². The summed E-state index contributed by atoms with van der Waals surface area (Å²) in [5.41, 5.74) is -2.64. The number of esters is 1. The Morgan fingerprint density at radius 3 is 2.53 bits per heavy atom. The first-order valence-corrected chi connectivity index (χ1v) is 11.4. The number of hydrogen-bond acceptors (Lipinski definition) is 4. The summed E-state index contributed by atoms with van der Waals surface area (Å²) < 4.78 is 34.7. The molecular weight excluding hydrogens is 416 g/mol. The number of unbranched alkanes of at least 4 members (excludes halogenated alkanes) is 3. The molecule has 0 aromatic heterocycles. The van der Waals surface area contributed by atoms with Crippen molar-refractivity contribution >= 4 is 11.9 Å². The molecule has 5 nitrogen and oxygen atoms in total. The van der Waals surface area contributed by atoms with Crippen LogP contribution in [-0.4, -0.2) is 46.2 Å². The van der Waals surface area contributed by atoms with Gasteiger partial charge in [0, 0.05) is 24.9 Å². The minimum Gasteiger partial charge on any atom is -0.463 e. The second-order valence-corrected chi connectivity index (χ2v) is 8.84. The number of carbonyl (C=O) groups is 2. The van der Waals surface area contributed by atoms with Gasteiger partial charge in [0.25, 0.3) is 0 Å². The van der Waals surface area contributed by atoms with Gasteiger partial charge < -0.3 is 14.7 Å². The molecule has 0 saturated carbocycles. The first-order valence-electron chi connectivity index (χ1n) is 11.4. The van der Waals surface area contributed by atoms with Crippen LogP contribution in [0.5, 0.6) is 0 Å². The lowest BCUT2D eigenvalue weighted by Crippen LogP contribution is -2.42. The summed E-state index contributed by atoms with van der Waals surface area (Å²) in [5, 5.41) is 10.5. The quantitative estimate of drug-likeness (QED) is 0.277. The normalized spacial score (nSPS) is 19.0. The van der Waals surface area contributed by atoms with Gasteiger partial charge in [-0.2, -0.15) is 8.78 Å². The van der Waals surface area contributed by atoms with Crippen LogP contribution in [0.25, 0.3) is 0 Å². The second kappa shape index (κ2) is 11.5. The molecule has 1 aromatic carbocycles. The van der Waals surface area contributed by atoms with Crippen LogP contribution in [0.4, 0.5) is 8.78 Å². The Hall–Kier alpha value is -2.28. The third-order valence-electron chi connectivity index (χ3n) is 5.69. The molecule has 2 rings (SSSR count). The van der Waals surface area contributed by atoms with Crippen molar-refractivity contribution in [3.8, 4) is 0 Å². The van der Waals surface area contributed by atoms with Gasteiger partial charge in [-0.1, -0.05) is 49.2 Å². The predicted octanol–water partition coefficient (Wildman–Crippen LogP) is 4.98. The molecule has 7 heteroatoms. The average Bonchev–Trinajstić information content (AvgIpc) is 3.08. The zero-order valence-corrected chi connectivity index (χ0v) is 19.2. The number of carbonyl (C=O) groups excluding carboxylic acids is 2. The van der Waals surface area contributed by atoms with Crippen LogP contribution in [0, 0.1) is 0 Å². The van der Waals surface area contributed by atoms with Crippen molar-refractivity contribution in [1.29, 1.82) is 0 Å². The minimum atomic E-state index is -3.46. The van der Waals surface area contributed by atoms with Crippen molar-refractivity contribution < 1.29 is 28.2 Å². The molecule has 0 unspecified atom stereocenters. The fourth-order valence-corrected chi connectivity index (χ4v) is 3.82. The highest BCUT2D eigenvalue weighted by Crippen LogP contribution is 2.40. The summed E-state index contributed by atoms with van der Waals surface area (Å²) in [4.78, 5) is 25.5. The molecule has 1 aliphatic rings. The van der Waals surface area contributed by atoms with E-state index in [0.29, 0.717) is 25.8 Å². The molecule has 2 atom stereocenters. The van der Waals surface area contributed by atoms with Crippen LogP contribution >= 0.6 is 0 Å². The van der Waals surface area contributed by atoms with E-state index in [1.807, 2.05) is 13.8 Å². The SMILES string of the molecule is CC(C)OC(=O)CCCCCCN1C(=O)CC[C@@H]1/C=C/[C@@](C)(O)C(F)(F)c1ccccc1. The number of likely N-dealkylation sites (tertiary alicyclic amines) is 1. The Morgan fingerprint density at radius 1 is 1.22 bits per heavy atom. The molecule has 1 aromatic rings. The van der Waals surface area contributed by atoms with Gasteiger partial charge in [0.2, 0.25) is 5.91 Å². The Bertz CT molecular complexity index is 777. The second-order valence-electron chi connectivity index (χ2n) is 8.84. The van der Waals surface area contributed by atoms with Crippen molar-refractivity contribution in [2.24, 2.45) is 0 Å². The maximum Gasteiger partial charge on any atom is 0.306 e. The van der Waals surface area contributed by atoms with Crippen molar-refractivity contribution in [1.82, 2.24) is 4.90 Å². The summed E-state index contributed by atoms with van der Waals surface area (Å²) >= 11 is 0. The lowest BCUT2D eigenvalue weighted by atomic mass is 9.90.